The molecular formula is C27H44N2O7Si. The lowest BCUT2D eigenvalue weighted by Crippen LogP contribution is -2.68. The van der Waals surface area contributed by atoms with Crippen molar-refractivity contribution < 1.29 is 33.0 Å². The first kappa shape index (κ1) is 30.6. The van der Waals surface area contributed by atoms with Gasteiger partial charge in [0.2, 0.25) is 0 Å². The van der Waals surface area contributed by atoms with Gasteiger partial charge in [-0.2, -0.15) is 0 Å². The van der Waals surface area contributed by atoms with Crippen LogP contribution in [0.1, 0.15) is 59.9 Å². The molecule has 1 aromatic carbocycles. The van der Waals surface area contributed by atoms with Crippen molar-refractivity contribution in [3.8, 4) is 0 Å². The number of benzene rings is 1. The Balaban J connectivity index is 2.42. The highest BCUT2D eigenvalue weighted by Gasteiger charge is 2.58. The number of hydrogen-bond acceptors (Lipinski definition) is 7. The lowest BCUT2D eigenvalue weighted by molar-refractivity contribution is -0.155. The van der Waals surface area contributed by atoms with Gasteiger partial charge >= 0.3 is 18.2 Å². The monoisotopic (exact) mass is 536 g/mol. The van der Waals surface area contributed by atoms with Crippen LogP contribution < -0.4 is 5.32 Å². The van der Waals surface area contributed by atoms with Gasteiger partial charge in [0.1, 0.15) is 12.2 Å². The number of amides is 2. The SMILES string of the molecule is COC(=O)[C@]1([C@H](CO[Si](C)(C)C(C)(C)C)NC(=O)OC(C)(C)C)CCCN1C(=O)OCc1ccccc1. The van der Waals surface area contributed by atoms with Gasteiger partial charge in [0, 0.05) is 6.54 Å². The van der Waals surface area contributed by atoms with E-state index in [1.165, 1.54) is 12.0 Å². The molecule has 10 heteroatoms. The maximum Gasteiger partial charge on any atom is 0.411 e. The Morgan fingerprint density at radius 1 is 1.08 bits per heavy atom. The van der Waals surface area contributed by atoms with Gasteiger partial charge in [-0.25, -0.2) is 14.4 Å². The quantitative estimate of drug-likeness (QED) is 0.275. The fourth-order valence-corrected chi connectivity index (χ4v) is 5.06. The summed E-state index contributed by atoms with van der Waals surface area (Å²) in [6.45, 7) is 16.1. The number of nitrogens with zero attached hydrogens (tertiary/aromatic N) is 1. The number of methoxy groups -OCH3 is 1. The highest BCUT2D eigenvalue weighted by molar-refractivity contribution is 6.74. The van der Waals surface area contributed by atoms with Gasteiger partial charge in [-0.1, -0.05) is 51.1 Å². The molecule has 0 saturated carbocycles. The minimum Gasteiger partial charge on any atom is -0.467 e. The average Bonchev–Trinajstić information content (AvgIpc) is 3.24. The molecule has 0 aliphatic carbocycles. The highest BCUT2D eigenvalue weighted by atomic mass is 28.4. The van der Waals surface area contributed by atoms with Gasteiger partial charge in [0.05, 0.1) is 19.8 Å². The van der Waals surface area contributed by atoms with E-state index in [-0.39, 0.29) is 31.2 Å². The van der Waals surface area contributed by atoms with Gasteiger partial charge < -0.3 is 24.0 Å². The van der Waals surface area contributed by atoms with Crippen LogP contribution in [0.2, 0.25) is 18.1 Å². The van der Waals surface area contributed by atoms with E-state index in [0.29, 0.717) is 6.42 Å². The van der Waals surface area contributed by atoms with E-state index in [4.69, 9.17) is 18.6 Å². The second kappa shape index (κ2) is 11.9. The molecule has 1 fully saturated rings. The molecule has 1 N–H and O–H groups in total. The van der Waals surface area contributed by atoms with Crippen LogP contribution in [0.15, 0.2) is 30.3 Å². The average molecular weight is 537 g/mol. The second-order valence-electron chi connectivity index (χ2n) is 12.0. The van der Waals surface area contributed by atoms with Gasteiger partial charge in [-0.3, -0.25) is 4.90 Å². The Hall–Kier alpha value is -2.59. The van der Waals surface area contributed by atoms with Crippen LogP contribution in [0.5, 0.6) is 0 Å². The summed E-state index contributed by atoms with van der Waals surface area (Å²) in [6.07, 6.45) is -0.553. The largest absolute Gasteiger partial charge is 0.467 e. The zero-order valence-electron chi connectivity index (χ0n) is 23.8. The number of ether oxygens (including phenoxy) is 3. The zero-order chi connectivity index (χ0) is 28.1. The topological polar surface area (TPSA) is 103 Å². The lowest BCUT2D eigenvalue weighted by atomic mass is 9.87. The maximum absolute atomic E-state index is 13.4. The molecule has 0 radical (unpaired) electrons. The van der Waals surface area contributed by atoms with Crippen molar-refractivity contribution in [2.75, 3.05) is 20.3 Å². The Labute approximate surface area is 222 Å². The zero-order valence-corrected chi connectivity index (χ0v) is 24.8. The molecule has 1 aliphatic rings. The normalized spacial score (nSPS) is 19.2. The molecule has 37 heavy (non-hydrogen) atoms. The number of esters is 1. The van der Waals surface area contributed by atoms with Crippen LogP contribution in [0, 0.1) is 0 Å². The molecule has 9 nitrogen and oxygen atoms in total. The third-order valence-electron chi connectivity index (χ3n) is 7.07. The molecule has 1 aromatic rings. The van der Waals surface area contributed by atoms with Crippen molar-refractivity contribution >= 4 is 26.5 Å². The van der Waals surface area contributed by atoms with E-state index in [1.807, 2.05) is 30.3 Å². The van der Waals surface area contributed by atoms with Crippen LogP contribution in [-0.4, -0.2) is 68.8 Å². The Kier molecular flexibility index (Phi) is 9.81. The summed E-state index contributed by atoms with van der Waals surface area (Å²) in [4.78, 5) is 41.1. The van der Waals surface area contributed by atoms with Crippen LogP contribution in [0.4, 0.5) is 9.59 Å². The van der Waals surface area contributed by atoms with Crippen molar-refractivity contribution in [3.05, 3.63) is 35.9 Å². The number of alkyl carbamates (subject to hydrolysis) is 1. The predicted octanol–water partition coefficient (Wildman–Crippen LogP) is 5.25. The summed E-state index contributed by atoms with van der Waals surface area (Å²) in [6, 6.07) is 8.38. The number of likely N-dealkylation sites (tertiary alicyclic amines) is 1. The molecule has 2 rings (SSSR count). The molecular weight excluding hydrogens is 492 g/mol. The first-order chi connectivity index (χ1) is 17.0. The predicted molar refractivity (Wildman–Crippen MR) is 144 cm³/mol. The minimum atomic E-state index is -2.28. The van der Waals surface area contributed by atoms with E-state index >= 15 is 0 Å². The van der Waals surface area contributed by atoms with Crippen molar-refractivity contribution in [3.63, 3.8) is 0 Å². The summed E-state index contributed by atoms with van der Waals surface area (Å²) >= 11 is 0. The maximum atomic E-state index is 13.4. The van der Waals surface area contributed by atoms with Gasteiger partial charge in [-0.15, -0.1) is 0 Å². The molecule has 208 valence electrons. The van der Waals surface area contributed by atoms with E-state index in [0.717, 1.165) is 5.56 Å². The van der Waals surface area contributed by atoms with Crippen LogP contribution in [0.25, 0.3) is 0 Å². The van der Waals surface area contributed by atoms with Gasteiger partial charge in [0.25, 0.3) is 0 Å². The van der Waals surface area contributed by atoms with E-state index in [2.05, 4.69) is 39.2 Å². The number of nitrogens with one attached hydrogen (secondary N) is 1. The highest BCUT2D eigenvalue weighted by Crippen LogP contribution is 2.39. The summed E-state index contributed by atoms with van der Waals surface area (Å²) in [5, 5.41) is 2.73. The molecule has 2 atom stereocenters. The molecule has 1 saturated heterocycles. The fourth-order valence-electron chi connectivity index (χ4n) is 4.04. The third-order valence-corrected chi connectivity index (χ3v) is 11.6. The smallest absolute Gasteiger partial charge is 0.411 e. The Morgan fingerprint density at radius 2 is 1.70 bits per heavy atom. The number of carbonyl (C=O) groups excluding carboxylic acids is 3. The molecule has 1 aliphatic heterocycles. The Morgan fingerprint density at radius 3 is 2.24 bits per heavy atom. The molecule has 2 amide bonds. The van der Waals surface area contributed by atoms with Crippen LogP contribution in [-0.2, 0) is 30.0 Å². The third kappa shape index (κ3) is 7.70. The molecule has 0 unspecified atom stereocenters. The number of carbonyl (C=O) groups is 3. The van der Waals surface area contributed by atoms with Crippen molar-refractivity contribution in [2.45, 2.75) is 96.3 Å². The van der Waals surface area contributed by atoms with Crippen LogP contribution in [0.3, 0.4) is 0 Å². The summed E-state index contributed by atoms with van der Waals surface area (Å²) < 4.78 is 22.8. The summed E-state index contributed by atoms with van der Waals surface area (Å²) in [5.41, 5.74) is -1.44. The van der Waals surface area contributed by atoms with Crippen LogP contribution >= 0.6 is 0 Å². The number of hydrogen-bond donors (Lipinski definition) is 1. The van der Waals surface area contributed by atoms with E-state index in [1.54, 1.807) is 20.8 Å². The van der Waals surface area contributed by atoms with Gasteiger partial charge in [0.15, 0.2) is 13.9 Å². The van der Waals surface area contributed by atoms with Crippen molar-refractivity contribution in [1.82, 2.24) is 10.2 Å². The molecule has 0 aromatic heterocycles. The first-order valence-electron chi connectivity index (χ1n) is 12.7. The second-order valence-corrected chi connectivity index (χ2v) is 16.8. The lowest BCUT2D eigenvalue weighted by Gasteiger charge is -2.43. The standard InChI is InChI=1S/C27H44N2O7Si/c1-25(2,3)36-23(31)28-21(19-35-37(8,9)26(4,5)6)27(22(30)33-7)16-13-17-29(27)24(32)34-18-20-14-11-10-12-15-20/h10-12,14-15,21H,13,16-19H2,1-9H3,(H,28,31)/t21-,27+/m0/s1. The minimum absolute atomic E-state index is 0.00724. The van der Waals surface area contributed by atoms with E-state index in [9.17, 15) is 14.4 Å². The molecule has 0 spiro atoms. The van der Waals surface area contributed by atoms with Gasteiger partial charge in [-0.05, 0) is 57.3 Å². The fraction of sp³-hybridized carbons (Fsp3) is 0.667. The summed E-state index contributed by atoms with van der Waals surface area (Å²) in [7, 11) is -1.01. The first-order valence-corrected chi connectivity index (χ1v) is 15.6. The molecule has 1 heterocycles. The van der Waals surface area contributed by atoms with Crippen molar-refractivity contribution in [1.29, 1.82) is 0 Å². The Bertz CT molecular complexity index is 940. The number of rotatable bonds is 8. The molecule has 0 bridgehead atoms. The van der Waals surface area contributed by atoms with Crippen molar-refractivity contribution in [2.24, 2.45) is 0 Å². The van der Waals surface area contributed by atoms with E-state index < -0.39 is 43.7 Å². The summed E-state index contributed by atoms with van der Waals surface area (Å²) in [5.74, 6) is -0.637.